The van der Waals surface area contributed by atoms with Crippen LogP contribution in [0.25, 0.3) is 0 Å². The lowest BCUT2D eigenvalue weighted by atomic mass is 10.1. The highest BCUT2D eigenvalue weighted by atomic mass is 32.2. The first-order valence-corrected chi connectivity index (χ1v) is 12.9. The highest BCUT2D eigenvalue weighted by Crippen LogP contribution is 2.22. The molecule has 2 rings (SSSR count). The zero-order valence-corrected chi connectivity index (χ0v) is 20.2. The van der Waals surface area contributed by atoms with E-state index in [2.05, 4.69) is 5.32 Å². The number of phenols is 1. The molecule has 9 nitrogen and oxygen atoms in total. The third kappa shape index (κ3) is 10.5. The standard InChI is InChI=1S/C24H36N2O7S/c25-34(30,31)22-7-5-6-19(14-22)18-33-13-12-32-11-4-2-1-3-10-26-16-24(29)20-8-9-23(28)21(15-20)17-27/h5-9,14-15,24,26-29H,1-4,10-13,16-18H2,(H2,25,30,31)/t24-/m1/s1. The Kier molecular flexibility index (Phi) is 12.5. The summed E-state index contributed by atoms with van der Waals surface area (Å²) in [5.41, 5.74) is 1.80. The first-order valence-electron chi connectivity index (χ1n) is 11.4. The number of rotatable bonds is 17. The fourth-order valence-electron chi connectivity index (χ4n) is 3.33. The summed E-state index contributed by atoms with van der Waals surface area (Å²) in [6, 6.07) is 11.1. The molecular formula is C24H36N2O7S. The molecule has 0 amide bonds. The highest BCUT2D eigenvalue weighted by molar-refractivity contribution is 7.89. The third-order valence-corrected chi connectivity index (χ3v) is 6.17. The molecule has 0 unspecified atom stereocenters. The first kappa shape index (κ1) is 28.2. The van der Waals surface area contributed by atoms with Gasteiger partial charge in [0.25, 0.3) is 0 Å². The van der Waals surface area contributed by atoms with Gasteiger partial charge >= 0.3 is 0 Å². The first-order chi connectivity index (χ1) is 16.3. The second-order valence-electron chi connectivity index (χ2n) is 8.04. The van der Waals surface area contributed by atoms with Crippen molar-refractivity contribution in [3.8, 4) is 5.75 Å². The minimum Gasteiger partial charge on any atom is -0.508 e. The van der Waals surface area contributed by atoms with Crippen LogP contribution in [0.4, 0.5) is 0 Å². The Hall–Kier alpha value is -2.05. The topological polar surface area (TPSA) is 151 Å². The quantitative estimate of drug-likeness (QED) is 0.208. The average molecular weight is 497 g/mol. The summed E-state index contributed by atoms with van der Waals surface area (Å²) in [6.45, 7) is 2.79. The van der Waals surface area contributed by atoms with Crippen molar-refractivity contribution in [1.29, 1.82) is 0 Å². The van der Waals surface area contributed by atoms with Gasteiger partial charge in [-0.1, -0.05) is 31.0 Å². The highest BCUT2D eigenvalue weighted by Gasteiger charge is 2.10. The fourth-order valence-corrected chi connectivity index (χ4v) is 3.91. The Morgan fingerprint density at radius 2 is 1.74 bits per heavy atom. The van der Waals surface area contributed by atoms with E-state index in [1.165, 1.54) is 18.2 Å². The van der Waals surface area contributed by atoms with E-state index in [1.807, 2.05) is 0 Å². The molecule has 0 aromatic heterocycles. The second kappa shape index (κ2) is 15.0. The van der Waals surface area contributed by atoms with Gasteiger partial charge in [0.15, 0.2) is 0 Å². The smallest absolute Gasteiger partial charge is 0.238 e. The molecule has 0 saturated carbocycles. The van der Waals surface area contributed by atoms with Gasteiger partial charge in [-0.2, -0.15) is 0 Å². The van der Waals surface area contributed by atoms with Crippen molar-refractivity contribution in [1.82, 2.24) is 5.32 Å². The van der Waals surface area contributed by atoms with Crippen LogP contribution in [0.3, 0.4) is 0 Å². The van der Waals surface area contributed by atoms with E-state index < -0.39 is 16.1 Å². The maximum absolute atomic E-state index is 11.4. The Labute approximate surface area is 201 Å². The van der Waals surface area contributed by atoms with Crippen LogP contribution < -0.4 is 10.5 Å². The summed E-state index contributed by atoms with van der Waals surface area (Å²) in [5.74, 6) is 0.0241. The lowest BCUT2D eigenvalue weighted by Crippen LogP contribution is -2.22. The number of nitrogens with one attached hydrogen (secondary N) is 1. The van der Waals surface area contributed by atoms with Crippen LogP contribution in [0, 0.1) is 0 Å². The zero-order valence-electron chi connectivity index (χ0n) is 19.4. The molecule has 0 heterocycles. The van der Waals surface area contributed by atoms with Crippen molar-refractivity contribution in [3.05, 3.63) is 59.2 Å². The van der Waals surface area contributed by atoms with Crippen molar-refractivity contribution in [3.63, 3.8) is 0 Å². The normalized spacial score (nSPS) is 12.7. The van der Waals surface area contributed by atoms with Crippen LogP contribution in [-0.4, -0.2) is 56.6 Å². The summed E-state index contributed by atoms with van der Waals surface area (Å²) in [5, 5.41) is 37.3. The van der Waals surface area contributed by atoms with E-state index in [-0.39, 0.29) is 17.3 Å². The number of benzene rings is 2. The van der Waals surface area contributed by atoms with Crippen LogP contribution in [0.2, 0.25) is 0 Å². The van der Waals surface area contributed by atoms with Gasteiger partial charge in [0.05, 0.1) is 37.4 Å². The van der Waals surface area contributed by atoms with Gasteiger partial charge in [0.1, 0.15) is 5.75 Å². The number of sulfonamides is 1. The number of ether oxygens (including phenoxy) is 2. The molecule has 10 heteroatoms. The number of primary sulfonamides is 1. The van der Waals surface area contributed by atoms with E-state index in [0.29, 0.717) is 44.1 Å². The van der Waals surface area contributed by atoms with E-state index in [0.717, 1.165) is 37.8 Å². The molecule has 6 N–H and O–H groups in total. The summed E-state index contributed by atoms with van der Waals surface area (Å²) in [6.07, 6.45) is 3.35. The Morgan fingerprint density at radius 3 is 2.50 bits per heavy atom. The van der Waals surface area contributed by atoms with Crippen LogP contribution in [-0.2, 0) is 32.7 Å². The largest absolute Gasteiger partial charge is 0.508 e. The summed E-state index contributed by atoms with van der Waals surface area (Å²) >= 11 is 0. The lowest BCUT2D eigenvalue weighted by molar-refractivity contribution is 0.0392. The number of nitrogens with two attached hydrogens (primary N) is 1. The van der Waals surface area contributed by atoms with Crippen molar-refractivity contribution in [2.24, 2.45) is 5.14 Å². The molecule has 0 aliphatic rings. The van der Waals surface area contributed by atoms with E-state index >= 15 is 0 Å². The summed E-state index contributed by atoms with van der Waals surface area (Å²) in [4.78, 5) is 0.0743. The predicted molar refractivity (Wildman–Crippen MR) is 129 cm³/mol. The Morgan fingerprint density at radius 1 is 0.971 bits per heavy atom. The summed E-state index contributed by atoms with van der Waals surface area (Å²) in [7, 11) is -3.71. The fraction of sp³-hybridized carbons (Fsp3) is 0.500. The zero-order chi connectivity index (χ0) is 24.8. The molecule has 0 saturated heterocycles. The van der Waals surface area contributed by atoms with E-state index in [4.69, 9.17) is 14.6 Å². The van der Waals surface area contributed by atoms with Crippen LogP contribution in [0.15, 0.2) is 47.4 Å². The Balaban J connectivity index is 1.43. The predicted octanol–water partition coefficient (Wildman–Crippen LogP) is 1.95. The van der Waals surface area contributed by atoms with Gasteiger partial charge < -0.3 is 30.1 Å². The summed E-state index contributed by atoms with van der Waals surface area (Å²) < 4.78 is 33.8. The van der Waals surface area contributed by atoms with Crippen molar-refractivity contribution in [2.45, 2.75) is 49.9 Å². The molecule has 0 bridgehead atoms. The number of unbranched alkanes of at least 4 members (excludes halogenated alkanes) is 3. The maximum atomic E-state index is 11.4. The molecule has 0 spiro atoms. The van der Waals surface area contributed by atoms with Crippen LogP contribution in [0.1, 0.15) is 48.5 Å². The lowest BCUT2D eigenvalue weighted by Gasteiger charge is -2.14. The average Bonchev–Trinajstić information content (AvgIpc) is 2.81. The SMILES string of the molecule is NS(=O)(=O)c1cccc(COCCOCCCCCCNC[C@@H](O)c2ccc(O)c(CO)c2)c1. The minimum absolute atomic E-state index is 0.0241. The van der Waals surface area contributed by atoms with Crippen molar-refractivity contribution >= 4 is 10.0 Å². The van der Waals surface area contributed by atoms with E-state index in [1.54, 1.807) is 24.3 Å². The minimum atomic E-state index is -3.71. The maximum Gasteiger partial charge on any atom is 0.238 e. The van der Waals surface area contributed by atoms with Crippen LogP contribution >= 0.6 is 0 Å². The molecule has 190 valence electrons. The number of hydrogen-bond donors (Lipinski definition) is 5. The van der Waals surface area contributed by atoms with Crippen LogP contribution in [0.5, 0.6) is 5.75 Å². The molecule has 0 aliphatic carbocycles. The third-order valence-electron chi connectivity index (χ3n) is 5.26. The van der Waals surface area contributed by atoms with Gasteiger partial charge in [-0.15, -0.1) is 0 Å². The number of aromatic hydroxyl groups is 1. The molecule has 0 fully saturated rings. The Bertz CT molecular complexity index is 970. The number of aliphatic hydroxyl groups is 2. The van der Waals surface area contributed by atoms with Crippen molar-refractivity contribution < 1.29 is 33.2 Å². The van der Waals surface area contributed by atoms with Gasteiger partial charge in [0, 0.05) is 18.7 Å². The van der Waals surface area contributed by atoms with Gasteiger partial charge in [0.2, 0.25) is 10.0 Å². The molecule has 34 heavy (non-hydrogen) atoms. The monoisotopic (exact) mass is 496 g/mol. The molecule has 0 aliphatic heterocycles. The molecule has 2 aromatic carbocycles. The van der Waals surface area contributed by atoms with Gasteiger partial charge in [-0.25, -0.2) is 13.6 Å². The molecule has 0 radical (unpaired) electrons. The molecular weight excluding hydrogens is 460 g/mol. The molecule has 2 aromatic rings. The van der Waals surface area contributed by atoms with Crippen molar-refractivity contribution in [2.75, 3.05) is 32.9 Å². The second-order valence-corrected chi connectivity index (χ2v) is 9.60. The van der Waals surface area contributed by atoms with E-state index in [9.17, 15) is 23.7 Å². The van der Waals surface area contributed by atoms with Gasteiger partial charge in [-0.05, 0) is 54.8 Å². The number of aliphatic hydroxyl groups excluding tert-OH is 2. The molecule has 1 atom stereocenters. The van der Waals surface area contributed by atoms with Gasteiger partial charge in [-0.3, -0.25) is 0 Å². The number of hydrogen-bond acceptors (Lipinski definition) is 8.